The fourth-order valence-electron chi connectivity index (χ4n) is 3.56. The summed E-state index contributed by atoms with van der Waals surface area (Å²) in [5, 5.41) is 12.8. The molecule has 4 rings (SSSR count). The topological polar surface area (TPSA) is 128 Å². The van der Waals surface area contributed by atoms with Gasteiger partial charge in [-0.15, -0.1) is 0 Å². The quantitative estimate of drug-likeness (QED) is 0.629. The van der Waals surface area contributed by atoms with Crippen LogP contribution in [-0.2, 0) is 32.7 Å². The lowest BCUT2D eigenvalue weighted by molar-refractivity contribution is -0.117. The third-order valence-electron chi connectivity index (χ3n) is 4.98. The highest BCUT2D eigenvalue weighted by Crippen LogP contribution is 2.39. The molecule has 3 heterocycles. The zero-order chi connectivity index (χ0) is 20.8. The SMILES string of the molecule is O=C1CN(c2c(O)cc3c(c2F)CN(C(=O)NC=C2CCCO2)CC3)S(=O)(=O)N1. The number of nitrogens with zero attached hydrogens (tertiary/aromatic N) is 2. The summed E-state index contributed by atoms with van der Waals surface area (Å²) in [6.45, 7) is 0.152. The first-order chi connectivity index (χ1) is 13.8. The van der Waals surface area contributed by atoms with E-state index in [4.69, 9.17) is 4.74 Å². The van der Waals surface area contributed by atoms with Crippen molar-refractivity contribution in [2.24, 2.45) is 0 Å². The van der Waals surface area contributed by atoms with Gasteiger partial charge < -0.3 is 20.1 Å². The van der Waals surface area contributed by atoms with Crippen LogP contribution in [0.3, 0.4) is 0 Å². The molecule has 2 saturated heterocycles. The summed E-state index contributed by atoms with van der Waals surface area (Å²) in [6.07, 6.45) is 3.38. The predicted molar refractivity (Wildman–Crippen MR) is 98.4 cm³/mol. The molecule has 3 aliphatic rings. The number of allylic oxidation sites excluding steroid dienone is 1. The molecule has 1 aromatic rings. The van der Waals surface area contributed by atoms with Gasteiger partial charge in [-0.3, -0.25) is 4.79 Å². The highest BCUT2D eigenvalue weighted by Gasteiger charge is 2.39. The molecule has 2 fully saturated rings. The standard InChI is InChI=1S/C17H19FN4O6S/c18-15-12-8-21(17(25)19-7-11-2-1-5-28-11)4-3-10(12)6-13(23)16(15)22-9-14(24)20-29(22,26)27/h6-7,23H,1-5,8-9H2,(H,19,25)(H,20,24). The van der Waals surface area contributed by atoms with Gasteiger partial charge in [0.2, 0.25) is 0 Å². The van der Waals surface area contributed by atoms with Gasteiger partial charge in [-0.25, -0.2) is 18.2 Å². The van der Waals surface area contributed by atoms with E-state index in [0.717, 1.165) is 12.8 Å². The Bertz CT molecular complexity index is 1020. The molecule has 0 aliphatic carbocycles. The summed E-state index contributed by atoms with van der Waals surface area (Å²) < 4.78 is 46.9. The maximum Gasteiger partial charge on any atom is 0.326 e. The summed E-state index contributed by atoms with van der Waals surface area (Å²) in [6, 6.07) is 0.827. The predicted octanol–water partition coefficient (Wildman–Crippen LogP) is 0.432. The molecule has 156 valence electrons. The molecule has 0 spiro atoms. The maximum atomic E-state index is 15.2. The Morgan fingerprint density at radius 1 is 1.34 bits per heavy atom. The third kappa shape index (κ3) is 3.55. The Balaban J connectivity index is 1.60. The van der Waals surface area contributed by atoms with Crippen LogP contribution in [0.15, 0.2) is 18.0 Å². The first kappa shape index (κ1) is 19.3. The second-order valence-electron chi connectivity index (χ2n) is 6.92. The normalized spacial score (nSPS) is 21.7. The Kier molecular flexibility index (Phi) is 4.73. The van der Waals surface area contributed by atoms with Crippen molar-refractivity contribution in [3.8, 4) is 5.75 Å². The van der Waals surface area contributed by atoms with E-state index in [1.165, 1.54) is 17.2 Å². The molecule has 12 heteroatoms. The van der Waals surface area contributed by atoms with Crippen LogP contribution in [0.5, 0.6) is 5.75 Å². The number of anilines is 1. The van der Waals surface area contributed by atoms with Crippen LogP contribution in [0.2, 0.25) is 0 Å². The summed E-state index contributed by atoms with van der Waals surface area (Å²) >= 11 is 0. The van der Waals surface area contributed by atoms with Crippen molar-refractivity contribution in [2.45, 2.75) is 25.8 Å². The second-order valence-corrected chi connectivity index (χ2v) is 8.51. The smallest absolute Gasteiger partial charge is 0.326 e. The van der Waals surface area contributed by atoms with Gasteiger partial charge in [-0.2, -0.15) is 8.42 Å². The van der Waals surface area contributed by atoms with E-state index in [0.29, 0.717) is 28.8 Å². The number of aromatic hydroxyl groups is 1. The highest BCUT2D eigenvalue weighted by molar-refractivity contribution is 7.92. The van der Waals surface area contributed by atoms with E-state index in [-0.39, 0.29) is 18.5 Å². The summed E-state index contributed by atoms with van der Waals surface area (Å²) in [5.41, 5.74) is -0.0366. The van der Waals surface area contributed by atoms with Crippen LogP contribution >= 0.6 is 0 Å². The van der Waals surface area contributed by atoms with Gasteiger partial charge in [-0.05, 0) is 24.5 Å². The molecule has 29 heavy (non-hydrogen) atoms. The zero-order valence-corrected chi connectivity index (χ0v) is 16.1. The second kappa shape index (κ2) is 7.10. The number of ether oxygens (including phenoxy) is 1. The molecule has 3 N–H and O–H groups in total. The van der Waals surface area contributed by atoms with Crippen molar-refractivity contribution in [3.63, 3.8) is 0 Å². The van der Waals surface area contributed by atoms with Gasteiger partial charge in [0.1, 0.15) is 23.7 Å². The Morgan fingerprint density at radius 3 is 2.79 bits per heavy atom. The number of urea groups is 1. The summed E-state index contributed by atoms with van der Waals surface area (Å²) in [4.78, 5) is 25.3. The largest absolute Gasteiger partial charge is 0.506 e. The van der Waals surface area contributed by atoms with E-state index in [1.54, 1.807) is 4.72 Å². The molecule has 0 saturated carbocycles. The number of phenols is 1. The fourth-order valence-corrected chi connectivity index (χ4v) is 4.73. The van der Waals surface area contributed by atoms with Crippen molar-refractivity contribution < 1.29 is 32.2 Å². The molecule has 10 nitrogen and oxygen atoms in total. The van der Waals surface area contributed by atoms with Gasteiger partial charge in [0.05, 0.1) is 13.2 Å². The fraction of sp³-hybridized carbons (Fsp3) is 0.412. The van der Waals surface area contributed by atoms with E-state index in [9.17, 15) is 23.1 Å². The number of amides is 3. The molecular weight excluding hydrogens is 407 g/mol. The number of halogens is 1. The molecular formula is C17H19FN4O6S. The minimum atomic E-state index is -4.29. The minimum Gasteiger partial charge on any atom is -0.506 e. The first-order valence-electron chi connectivity index (χ1n) is 9.00. The number of rotatable bonds is 2. The molecule has 3 amide bonds. The molecule has 0 bridgehead atoms. The third-order valence-corrected chi connectivity index (χ3v) is 6.36. The van der Waals surface area contributed by atoms with Crippen molar-refractivity contribution in [3.05, 3.63) is 35.0 Å². The number of hydrogen-bond acceptors (Lipinski definition) is 6. The lowest BCUT2D eigenvalue weighted by Crippen LogP contribution is -2.41. The van der Waals surface area contributed by atoms with Crippen LogP contribution in [0.4, 0.5) is 14.9 Å². The van der Waals surface area contributed by atoms with Gasteiger partial charge in [0.25, 0.3) is 5.91 Å². The van der Waals surface area contributed by atoms with Crippen molar-refractivity contribution in [1.82, 2.24) is 14.9 Å². The number of fused-ring (bicyclic) bond motifs is 1. The molecule has 0 unspecified atom stereocenters. The van der Waals surface area contributed by atoms with Gasteiger partial charge >= 0.3 is 16.2 Å². The van der Waals surface area contributed by atoms with Crippen LogP contribution in [0.1, 0.15) is 24.0 Å². The highest BCUT2D eigenvalue weighted by atomic mass is 32.2. The maximum absolute atomic E-state index is 15.2. The van der Waals surface area contributed by atoms with Crippen LogP contribution in [0.25, 0.3) is 0 Å². The van der Waals surface area contributed by atoms with E-state index >= 15 is 4.39 Å². The first-order valence-corrected chi connectivity index (χ1v) is 10.4. The van der Waals surface area contributed by atoms with Crippen molar-refractivity contribution >= 4 is 27.8 Å². The van der Waals surface area contributed by atoms with Gasteiger partial charge in [-0.1, -0.05) is 0 Å². The zero-order valence-electron chi connectivity index (χ0n) is 15.3. The molecule has 0 aromatic heterocycles. The molecule has 0 atom stereocenters. The van der Waals surface area contributed by atoms with Gasteiger partial charge in [0.15, 0.2) is 5.82 Å². The summed E-state index contributed by atoms with van der Waals surface area (Å²) in [5.74, 6) is -1.72. The van der Waals surface area contributed by atoms with E-state index in [2.05, 4.69) is 5.32 Å². The molecule has 0 radical (unpaired) electrons. The Labute approximate surface area is 166 Å². The van der Waals surface area contributed by atoms with Gasteiger partial charge in [0, 0.05) is 24.7 Å². The number of carbonyl (C=O) groups is 2. The van der Waals surface area contributed by atoms with E-state index < -0.39 is 45.9 Å². The van der Waals surface area contributed by atoms with Crippen molar-refractivity contribution in [2.75, 3.05) is 24.0 Å². The van der Waals surface area contributed by atoms with Crippen molar-refractivity contribution in [1.29, 1.82) is 0 Å². The number of hydrogen-bond donors (Lipinski definition) is 3. The number of carbonyl (C=O) groups excluding carboxylic acids is 2. The number of nitrogens with one attached hydrogen (secondary N) is 2. The minimum absolute atomic E-state index is 0.0959. The van der Waals surface area contributed by atoms with Crippen LogP contribution in [-0.4, -0.2) is 50.1 Å². The Hall–Kier alpha value is -3.02. The molecule has 3 aliphatic heterocycles. The van der Waals surface area contributed by atoms with Crippen LogP contribution < -0.4 is 14.3 Å². The van der Waals surface area contributed by atoms with Crippen LogP contribution in [0, 0.1) is 5.82 Å². The lowest BCUT2D eigenvalue weighted by atomic mass is 9.97. The lowest BCUT2D eigenvalue weighted by Gasteiger charge is -2.30. The Morgan fingerprint density at radius 2 is 2.14 bits per heavy atom. The average Bonchev–Trinajstić information content (AvgIpc) is 3.27. The number of phenolic OH excluding ortho intramolecular Hbond substituents is 1. The number of benzene rings is 1. The average molecular weight is 426 g/mol. The molecule has 1 aromatic carbocycles. The van der Waals surface area contributed by atoms with E-state index in [1.807, 2.05) is 0 Å². The summed E-state index contributed by atoms with van der Waals surface area (Å²) in [7, 11) is -4.29. The monoisotopic (exact) mass is 426 g/mol.